The summed E-state index contributed by atoms with van der Waals surface area (Å²) in [4.78, 5) is 4.18. The fourth-order valence-corrected chi connectivity index (χ4v) is 1.02. The molecule has 0 spiro atoms. The largest absolute Gasteiger partial charge is 2.00 e. The van der Waals surface area contributed by atoms with Crippen LogP contribution in [0, 0.1) is 0 Å². The Morgan fingerprint density at radius 1 is 0.909 bits per heavy atom. The summed E-state index contributed by atoms with van der Waals surface area (Å²) in [7, 11) is 0. The van der Waals surface area contributed by atoms with E-state index in [2.05, 4.69) is 17.1 Å². The fraction of sp³-hybridized carbons (Fsp3) is 0. The predicted molar refractivity (Wildman–Crippen MR) is 41.7 cm³/mol. The number of hydrogen-bond donors (Lipinski definition) is 0. The molecule has 0 saturated heterocycles. The second kappa shape index (κ2) is 3.51. The van der Waals surface area contributed by atoms with Gasteiger partial charge in [0, 0.05) is 11.6 Å². The van der Waals surface area contributed by atoms with Gasteiger partial charge in [-0.15, -0.1) is 0 Å². The van der Waals surface area contributed by atoms with Crippen LogP contribution >= 0.6 is 0 Å². The second-order valence-corrected chi connectivity index (χ2v) is 2.20. The molecule has 2 heteroatoms. The van der Waals surface area contributed by atoms with E-state index in [-0.39, 0.29) is 16.8 Å². The topological polar surface area (TPSA) is 12.9 Å². The summed E-state index contributed by atoms with van der Waals surface area (Å²) in [5, 5.41) is 1.20. The third-order valence-corrected chi connectivity index (χ3v) is 1.51. The molecule has 0 N–H and O–H groups in total. The van der Waals surface area contributed by atoms with Crippen molar-refractivity contribution in [3.8, 4) is 0 Å². The van der Waals surface area contributed by atoms with E-state index in [1.165, 1.54) is 5.39 Å². The SMILES string of the molecule is [Co+2].c1ccc2ncccc2c1. The molecule has 0 bridgehead atoms. The minimum Gasteiger partial charge on any atom is -0.256 e. The molecule has 2 rings (SSSR count). The molecule has 2 aromatic rings. The summed E-state index contributed by atoms with van der Waals surface area (Å²) in [5.41, 5.74) is 1.06. The van der Waals surface area contributed by atoms with Crippen molar-refractivity contribution in [1.82, 2.24) is 4.98 Å². The van der Waals surface area contributed by atoms with E-state index < -0.39 is 0 Å². The number of aromatic nitrogens is 1. The molecule has 0 amide bonds. The van der Waals surface area contributed by atoms with Crippen LogP contribution in [0.15, 0.2) is 42.6 Å². The molecule has 1 heterocycles. The van der Waals surface area contributed by atoms with Crippen molar-refractivity contribution in [2.24, 2.45) is 0 Å². The van der Waals surface area contributed by atoms with Crippen LogP contribution in [0.1, 0.15) is 0 Å². The van der Waals surface area contributed by atoms with E-state index in [0.29, 0.717) is 0 Å². The maximum atomic E-state index is 4.18. The predicted octanol–water partition coefficient (Wildman–Crippen LogP) is 2.23. The van der Waals surface area contributed by atoms with Gasteiger partial charge in [-0.2, -0.15) is 0 Å². The van der Waals surface area contributed by atoms with Crippen molar-refractivity contribution in [3.05, 3.63) is 42.6 Å². The molecule has 0 atom stereocenters. The number of para-hydroxylation sites is 1. The number of fused-ring (bicyclic) bond motifs is 1. The first-order valence-corrected chi connectivity index (χ1v) is 3.26. The molecule has 0 aliphatic rings. The molecule has 55 valence electrons. The average Bonchev–Trinajstić information content (AvgIpc) is 2.05. The van der Waals surface area contributed by atoms with Crippen LogP contribution < -0.4 is 0 Å². The van der Waals surface area contributed by atoms with E-state index in [1.807, 2.05) is 30.5 Å². The van der Waals surface area contributed by atoms with Crippen LogP contribution in [0.5, 0.6) is 0 Å². The Bertz CT molecular complexity index is 281. The van der Waals surface area contributed by atoms with Gasteiger partial charge in [0.2, 0.25) is 0 Å². The van der Waals surface area contributed by atoms with Crippen LogP contribution in [0.2, 0.25) is 0 Å². The first-order valence-electron chi connectivity index (χ1n) is 3.26. The molecular formula is C9H7CoN+2. The smallest absolute Gasteiger partial charge is 0.256 e. The van der Waals surface area contributed by atoms with Crippen LogP contribution in [0.4, 0.5) is 0 Å². The zero-order chi connectivity index (χ0) is 6.81. The van der Waals surface area contributed by atoms with E-state index in [9.17, 15) is 0 Å². The minimum absolute atomic E-state index is 0. The second-order valence-electron chi connectivity index (χ2n) is 2.20. The van der Waals surface area contributed by atoms with Gasteiger partial charge >= 0.3 is 16.8 Å². The number of hydrogen-bond acceptors (Lipinski definition) is 1. The number of nitrogens with zero attached hydrogens (tertiary/aromatic N) is 1. The molecule has 0 aliphatic heterocycles. The van der Waals surface area contributed by atoms with E-state index in [4.69, 9.17) is 0 Å². The standard InChI is InChI=1S/C9H7N.Co/c1-2-6-9-8(4-1)5-3-7-10-9;/h1-7H;/q;+2. The molecular weight excluding hydrogens is 181 g/mol. The van der Waals surface area contributed by atoms with E-state index in [1.54, 1.807) is 0 Å². The first kappa shape index (κ1) is 8.24. The Morgan fingerprint density at radius 2 is 1.64 bits per heavy atom. The molecule has 1 radical (unpaired) electrons. The zero-order valence-electron chi connectivity index (χ0n) is 5.82. The van der Waals surface area contributed by atoms with Gasteiger partial charge in [0.15, 0.2) is 0 Å². The molecule has 1 aromatic carbocycles. The Kier molecular flexibility index (Phi) is 2.62. The van der Waals surface area contributed by atoms with Crippen molar-refractivity contribution < 1.29 is 16.8 Å². The fourth-order valence-electron chi connectivity index (χ4n) is 1.02. The van der Waals surface area contributed by atoms with Gasteiger partial charge in [-0.3, -0.25) is 4.98 Å². The quantitative estimate of drug-likeness (QED) is 0.617. The van der Waals surface area contributed by atoms with Gasteiger partial charge in [0.1, 0.15) is 0 Å². The van der Waals surface area contributed by atoms with Crippen LogP contribution in [-0.2, 0) is 16.8 Å². The Balaban J connectivity index is 0.000000605. The summed E-state index contributed by atoms with van der Waals surface area (Å²) >= 11 is 0. The van der Waals surface area contributed by atoms with Crippen LogP contribution in [-0.4, -0.2) is 4.98 Å². The van der Waals surface area contributed by atoms with Gasteiger partial charge < -0.3 is 0 Å². The number of benzene rings is 1. The van der Waals surface area contributed by atoms with Crippen molar-refractivity contribution in [1.29, 1.82) is 0 Å². The molecule has 0 fully saturated rings. The monoisotopic (exact) mass is 188 g/mol. The van der Waals surface area contributed by atoms with Crippen molar-refractivity contribution in [2.45, 2.75) is 0 Å². The van der Waals surface area contributed by atoms with Crippen LogP contribution in [0.25, 0.3) is 10.9 Å². The molecule has 0 aliphatic carbocycles. The summed E-state index contributed by atoms with van der Waals surface area (Å²) in [6, 6.07) is 12.1. The maximum absolute atomic E-state index is 4.18. The van der Waals surface area contributed by atoms with Gasteiger partial charge in [0.05, 0.1) is 5.52 Å². The Labute approximate surface area is 75.7 Å². The Hall–Kier alpha value is -0.864. The van der Waals surface area contributed by atoms with Crippen molar-refractivity contribution >= 4 is 10.9 Å². The molecule has 1 nitrogen and oxygen atoms in total. The average molecular weight is 188 g/mol. The third kappa shape index (κ3) is 1.58. The van der Waals surface area contributed by atoms with Crippen LogP contribution in [0.3, 0.4) is 0 Å². The molecule has 1 aromatic heterocycles. The Morgan fingerprint density at radius 3 is 2.45 bits per heavy atom. The van der Waals surface area contributed by atoms with Crippen molar-refractivity contribution in [3.63, 3.8) is 0 Å². The normalized spacial score (nSPS) is 9.09. The van der Waals surface area contributed by atoms with Gasteiger partial charge in [0.25, 0.3) is 0 Å². The summed E-state index contributed by atoms with van der Waals surface area (Å²) < 4.78 is 0. The van der Waals surface area contributed by atoms with Crippen molar-refractivity contribution in [2.75, 3.05) is 0 Å². The maximum Gasteiger partial charge on any atom is 2.00 e. The first-order chi connectivity index (χ1) is 4.97. The van der Waals surface area contributed by atoms with E-state index in [0.717, 1.165) is 5.52 Å². The minimum atomic E-state index is 0. The number of pyridine rings is 1. The third-order valence-electron chi connectivity index (χ3n) is 1.51. The van der Waals surface area contributed by atoms with E-state index >= 15 is 0 Å². The van der Waals surface area contributed by atoms with Gasteiger partial charge in [-0.1, -0.05) is 24.3 Å². The summed E-state index contributed by atoms with van der Waals surface area (Å²) in [6.45, 7) is 0. The van der Waals surface area contributed by atoms with Gasteiger partial charge in [-0.05, 0) is 12.1 Å². The molecule has 0 unspecified atom stereocenters. The molecule has 0 saturated carbocycles. The summed E-state index contributed by atoms with van der Waals surface area (Å²) in [6.07, 6.45) is 1.81. The molecule has 11 heavy (non-hydrogen) atoms. The zero-order valence-corrected chi connectivity index (χ0v) is 6.86. The summed E-state index contributed by atoms with van der Waals surface area (Å²) in [5.74, 6) is 0. The van der Waals surface area contributed by atoms with Gasteiger partial charge in [-0.25, -0.2) is 0 Å². The number of rotatable bonds is 0.